The van der Waals surface area contributed by atoms with Crippen molar-refractivity contribution in [3.05, 3.63) is 78.1 Å². The molecule has 0 bridgehead atoms. The van der Waals surface area contributed by atoms with E-state index in [0.29, 0.717) is 6.42 Å². The number of unbranched alkanes of at least 4 members (excludes halogenated alkanes) is 5. The number of hydrogen-bond donors (Lipinski definition) is 2. The Morgan fingerprint density at radius 2 is 1.86 bits per heavy atom. The normalized spacial score (nSPS) is 12.2. The van der Waals surface area contributed by atoms with Crippen LogP contribution in [0, 0.1) is 0 Å². The zero-order valence-electron chi connectivity index (χ0n) is 20.8. The Balaban J connectivity index is 1.42. The predicted molar refractivity (Wildman–Crippen MR) is 143 cm³/mol. The highest BCUT2D eigenvalue weighted by Crippen LogP contribution is 2.23. The fourth-order valence-electron chi connectivity index (χ4n) is 3.94. The molecular weight excluding hydrogens is 436 g/mol. The number of aliphatic hydroxyl groups is 1. The lowest BCUT2D eigenvalue weighted by atomic mass is 10.1. The van der Waals surface area contributed by atoms with Crippen LogP contribution in [0.15, 0.2) is 67.0 Å². The molecule has 1 atom stereocenters. The number of rotatable bonds is 15. The molecule has 2 N–H and O–H groups in total. The Morgan fingerprint density at radius 1 is 1.06 bits per heavy atom. The van der Waals surface area contributed by atoms with E-state index >= 15 is 0 Å². The molecule has 0 saturated carbocycles. The zero-order chi connectivity index (χ0) is 24.7. The van der Waals surface area contributed by atoms with Crippen molar-refractivity contribution in [1.29, 1.82) is 0 Å². The van der Waals surface area contributed by atoms with Crippen LogP contribution in [0.3, 0.4) is 0 Å². The van der Waals surface area contributed by atoms with E-state index in [1.165, 1.54) is 32.1 Å². The van der Waals surface area contributed by atoms with Crippen LogP contribution in [0.2, 0.25) is 0 Å². The van der Waals surface area contributed by atoms with Gasteiger partial charge in [-0.3, -0.25) is 9.78 Å². The van der Waals surface area contributed by atoms with Crippen LogP contribution in [0.5, 0.6) is 5.75 Å². The minimum Gasteiger partial charge on any atom is -0.491 e. The van der Waals surface area contributed by atoms with E-state index < -0.39 is 6.10 Å². The molecule has 5 heteroatoms. The maximum atomic E-state index is 12.1. The molecule has 0 fully saturated rings. The average Bonchev–Trinajstić information content (AvgIpc) is 2.89. The van der Waals surface area contributed by atoms with E-state index in [9.17, 15) is 9.90 Å². The van der Waals surface area contributed by atoms with Crippen molar-refractivity contribution >= 4 is 22.8 Å². The SMILES string of the molecule is CCCCCCCCNC(=O)/C=C/c1ccc2cc(OC[C@H](O)CCc3cccnc3)ccc2c1. The Morgan fingerprint density at radius 3 is 2.69 bits per heavy atom. The first-order chi connectivity index (χ1) is 17.1. The maximum Gasteiger partial charge on any atom is 0.243 e. The second kappa shape index (κ2) is 14.9. The summed E-state index contributed by atoms with van der Waals surface area (Å²) in [6, 6.07) is 15.9. The van der Waals surface area contributed by atoms with E-state index in [4.69, 9.17) is 4.74 Å². The summed E-state index contributed by atoms with van der Waals surface area (Å²) >= 11 is 0. The van der Waals surface area contributed by atoms with E-state index in [-0.39, 0.29) is 12.5 Å². The van der Waals surface area contributed by atoms with Crippen LogP contribution in [0.25, 0.3) is 16.8 Å². The van der Waals surface area contributed by atoms with Crippen LogP contribution in [-0.4, -0.2) is 35.3 Å². The number of carbonyl (C=O) groups is 1. The molecule has 0 spiro atoms. The van der Waals surface area contributed by atoms with E-state index in [2.05, 4.69) is 23.3 Å². The van der Waals surface area contributed by atoms with Crippen LogP contribution in [-0.2, 0) is 11.2 Å². The van der Waals surface area contributed by atoms with Crippen molar-refractivity contribution in [2.45, 2.75) is 64.4 Å². The number of benzene rings is 2. The molecule has 0 aliphatic carbocycles. The van der Waals surface area contributed by atoms with Crippen molar-refractivity contribution in [2.75, 3.05) is 13.2 Å². The van der Waals surface area contributed by atoms with Gasteiger partial charge < -0.3 is 15.2 Å². The number of nitrogens with zero attached hydrogens (tertiary/aromatic N) is 1. The molecule has 1 aromatic heterocycles. The highest BCUT2D eigenvalue weighted by atomic mass is 16.5. The number of hydrogen-bond acceptors (Lipinski definition) is 4. The molecule has 0 aliphatic heterocycles. The lowest BCUT2D eigenvalue weighted by molar-refractivity contribution is -0.116. The highest BCUT2D eigenvalue weighted by molar-refractivity contribution is 5.93. The summed E-state index contributed by atoms with van der Waals surface area (Å²) in [5, 5.41) is 15.3. The standard InChI is InChI=1S/C30H38N2O3/c1-2-3-4-5-6-7-19-32-30(34)17-12-24-10-13-27-21-29(16-14-26(27)20-24)35-23-28(33)15-11-25-9-8-18-31-22-25/h8-10,12-14,16-18,20-22,28,33H,2-7,11,15,19,23H2,1H3,(H,32,34)/b17-12+/t28-/m1/s1. The van der Waals surface area contributed by atoms with E-state index in [1.54, 1.807) is 12.3 Å². The van der Waals surface area contributed by atoms with Gasteiger partial charge in [0.2, 0.25) is 5.91 Å². The number of amides is 1. The first-order valence-corrected chi connectivity index (χ1v) is 12.8. The van der Waals surface area contributed by atoms with Gasteiger partial charge in [0.25, 0.3) is 0 Å². The van der Waals surface area contributed by atoms with Crippen molar-refractivity contribution in [3.8, 4) is 5.75 Å². The van der Waals surface area contributed by atoms with Crippen molar-refractivity contribution in [2.24, 2.45) is 0 Å². The molecule has 3 aromatic rings. The largest absolute Gasteiger partial charge is 0.491 e. The molecule has 5 nitrogen and oxygen atoms in total. The molecule has 0 aliphatic rings. The van der Waals surface area contributed by atoms with E-state index in [0.717, 1.165) is 47.0 Å². The summed E-state index contributed by atoms with van der Waals surface area (Å²) in [5.74, 6) is 0.680. The minimum atomic E-state index is -0.536. The topological polar surface area (TPSA) is 71.5 Å². The zero-order valence-corrected chi connectivity index (χ0v) is 20.8. The van der Waals surface area contributed by atoms with Gasteiger partial charge in [0, 0.05) is 25.0 Å². The van der Waals surface area contributed by atoms with Gasteiger partial charge in [-0.05, 0) is 71.5 Å². The quantitative estimate of drug-likeness (QED) is 0.206. The fourth-order valence-corrected chi connectivity index (χ4v) is 3.94. The van der Waals surface area contributed by atoms with Gasteiger partial charge >= 0.3 is 0 Å². The first-order valence-electron chi connectivity index (χ1n) is 12.8. The van der Waals surface area contributed by atoms with Gasteiger partial charge in [-0.1, -0.05) is 63.3 Å². The summed E-state index contributed by atoms with van der Waals surface area (Å²) in [4.78, 5) is 16.2. The van der Waals surface area contributed by atoms with Gasteiger partial charge in [-0.2, -0.15) is 0 Å². The summed E-state index contributed by atoms with van der Waals surface area (Å²) < 4.78 is 5.81. The molecule has 2 aromatic carbocycles. The molecule has 0 unspecified atom stereocenters. The lowest BCUT2D eigenvalue weighted by Crippen LogP contribution is -2.21. The number of aliphatic hydroxyl groups excluding tert-OH is 1. The molecule has 35 heavy (non-hydrogen) atoms. The number of aryl methyl sites for hydroxylation is 1. The van der Waals surface area contributed by atoms with Crippen molar-refractivity contribution in [1.82, 2.24) is 10.3 Å². The summed E-state index contributed by atoms with van der Waals surface area (Å²) in [6.07, 6.45) is 15.2. The third-order valence-electron chi connectivity index (χ3n) is 6.02. The monoisotopic (exact) mass is 474 g/mol. The third-order valence-corrected chi connectivity index (χ3v) is 6.02. The van der Waals surface area contributed by atoms with Gasteiger partial charge in [-0.25, -0.2) is 0 Å². The second-order valence-corrected chi connectivity index (χ2v) is 9.03. The van der Waals surface area contributed by atoms with Crippen molar-refractivity contribution < 1.29 is 14.6 Å². The number of ether oxygens (including phenoxy) is 1. The minimum absolute atomic E-state index is 0.0514. The molecule has 186 valence electrons. The fraction of sp³-hybridized carbons (Fsp3) is 0.400. The number of fused-ring (bicyclic) bond motifs is 1. The number of nitrogens with one attached hydrogen (secondary N) is 1. The molecule has 3 rings (SSSR count). The molecule has 1 amide bonds. The average molecular weight is 475 g/mol. The second-order valence-electron chi connectivity index (χ2n) is 9.03. The summed E-state index contributed by atoms with van der Waals surface area (Å²) in [5.41, 5.74) is 2.09. The Labute approximate surface area is 209 Å². The summed E-state index contributed by atoms with van der Waals surface area (Å²) in [7, 11) is 0. The Hall–Kier alpha value is -3.18. The molecule has 1 heterocycles. The maximum absolute atomic E-state index is 12.1. The van der Waals surface area contributed by atoms with Gasteiger partial charge in [0.05, 0.1) is 6.10 Å². The predicted octanol–water partition coefficient (Wildman–Crippen LogP) is 6.10. The molecule has 0 saturated heterocycles. The lowest BCUT2D eigenvalue weighted by Gasteiger charge is -2.13. The van der Waals surface area contributed by atoms with Crippen LogP contribution in [0.1, 0.15) is 63.0 Å². The number of carbonyl (C=O) groups excluding carboxylic acids is 1. The molecular formula is C30H38N2O3. The third kappa shape index (κ3) is 9.91. The summed E-state index contributed by atoms with van der Waals surface area (Å²) in [6.45, 7) is 3.20. The van der Waals surface area contributed by atoms with Crippen LogP contribution >= 0.6 is 0 Å². The Bertz CT molecular complexity index is 1070. The first kappa shape index (κ1) is 26.4. The molecule has 0 radical (unpaired) electrons. The van der Waals surface area contributed by atoms with Gasteiger partial charge in [0.15, 0.2) is 0 Å². The van der Waals surface area contributed by atoms with Gasteiger partial charge in [0.1, 0.15) is 12.4 Å². The number of pyridine rings is 1. The number of aromatic nitrogens is 1. The Kier molecular flexibility index (Phi) is 11.3. The van der Waals surface area contributed by atoms with Gasteiger partial charge in [-0.15, -0.1) is 0 Å². The smallest absolute Gasteiger partial charge is 0.243 e. The van der Waals surface area contributed by atoms with E-state index in [1.807, 2.05) is 54.7 Å². The highest BCUT2D eigenvalue weighted by Gasteiger charge is 2.07. The van der Waals surface area contributed by atoms with Crippen molar-refractivity contribution in [3.63, 3.8) is 0 Å². The van der Waals surface area contributed by atoms with Crippen LogP contribution in [0.4, 0.5) is 0 Å². The van der Waals surface area contributed by atoms with Crippen LogP contribution < -0.4 is 10.1 Å².